The highest BCUT2D eigenvalue weighted by Crippen LogP contribution is 2.24. The van der Waals surface area contributed by atoms with E-state index in [1.165, 1.54) is 38.2 Å². The summed E-state index contributed by atoms with van der Waals surface area (Å²) in [5.41, 5.74) is 1.58. The molecule has 0 atom stereocenters. The van der Waals surface area contributed by atoms with Crippen molar-refractivity contribution in [2.45, 2.75) is 24.7 Å². The number of carbonyl (C=O) groups excluding carboxylic acids is 3. The number of Topliss-reactive ketones (excluding diaryl/α,β-unsaturated/α-hetero) is 1. The summed E-state index contributed by atoms with van der Waals surface area (Å²) in [6, 6.07) is 12.5. The van der Waals surface area contributed by atoms with Crippen molar-refractivity contribution < 1.29 is 22.8 Å². The quantitative estimate of drug-likeness (QED) is 0.680. The maximum atomic E-state index is 12.7. The van der Waals surface area contributed by atoms with Crippen LogP contribution < -0.4 is 10.2 Å². The Morgan fingerprint density at radius 2 is 1.83 bits per heavy atom. The number of sulfonamides is 1. The number of amides is 2. The van der Waals surface area contributed by atoms with Gasteiger partial charge in [0, 0.05) is 37.0 Å². The molecule has 2 aromatic rings. The highest BCUT2D eigenvalue weighted by molar-refractivity contribution is 7.89. The Labute approximate surface area is 175 Å². The van der Waals surface area contributed by atoms with Crippen LogP contribution in [0.4, 0.5) is 11.4 Å². The third-order valence-corrected chi connectivity index (χ3v) is 6.67. The Bertz CT molecular complexity index is 1080. The minimum absolute atomic E-state index is 0.00246. The average Bonchev–Trinajstić information content (AvgIpc) is 3.14. The lowest BCUT2D eigenvalue weighted by molar-refractivity contribution is -0.117. The van der Waals surface area contributed by atoms with Crippen molar-refractivity contribution in [1.82, 2.24) is 4.31 Å². The summed E-state index contributed by atoms with van der Waals surface area (Å²) in [4.78, 5) is 37.3. The van der Waals surface area contributed by atoms with E-state index in [0.717, 1.165) is 10.7 Å². The van der Waals surface area contributed by atoms with Crippen LogP contribution >= 0.6 is 0 Å². The molecule has 0 spiro atoms. The van der Waals surface area contributed by atoms with Gasteiger partial charge in [0.05, 0.1) is 11.4 Å². The van der Waals surface area contributed by atoms with Crippen LogP contribution in [0.5, 0.6) is 0 Å². The Morgan fingerprint density at radius 1 is 1.13 bits per heavy atom. The summed E-state index contributed by atoms with van der Waals surface area (Å²) in [7, 11) is -2.58. The number of rotatable bonds is 7. The van der Waals surface area contributed by atoms with Crippen LogP contribution in [0.25, 0.3) is 0 Å². The number of nitrogens with zero attached hydrogens (tertiary/aromatic N) is 2. The van der Waals surface area contributed by atoms with Crippen molar-refractivity contribution in [2.24, 2.45) is 0 Å². The third kappa shape index (κ3) is 4.74. The van der Waals surface area contributed by atoms with E-state index in [9.17, 15) is 22.8 Å². The lowest BCUT2D eigenvalue weighted by Gasteiger charge is -2.18. The van der Waals surface area contributed by atoms with Gasteiger partial charge in [-0.2, -0.15) is 4.31 Å². The molecule has 0 bridgehead atoms. The second kappa shape index (κ2) is 8.76. The van der Waals surface area contributed by atoms with Crippen LogP contribution in [0.3, 0.4) is 0 Å². The smallest absolute Gasteiger partial charge is 0.243 e. The molecule has 3 rings (SSSR count). The van der Waals surface area contributed by atoms with E-state index in [1.807, 2.05) is 0 Å². The van der Waals surface area contributed by atoms with Gasteiger partial charge in [0.1, 0.15) is 0 Å². The monoisotopic (exact) mass is 429 g/mol. The van der Waals surface area contributed by atoms with Crippen LogP contribution in [0.15, 0.2) is 53.4 Å². The van der Waals surface area contributed by atoms with Crippen LogP contribution in [0, 0.1) is 0 Å². The van der Waals surface area contributed by atoms with Gasteiger partial charge in [0.15, 0.2) is 5.78 Å². The molecule has 9 heteroatoms. The molecule has 0 radical (unpaired) electrons. The summed E-state index contributed by atoms with van der Waals surface area (Å²) in [6.45, 7) is 1.65. The summed E-state index contributed by atoms with van der Waals surface area (Å²) >= 11 is 0. The molecule has 1 saturated heterocycles. The molecule has 0 unspecified atom stereocenters. The third-order valence-electron chi connectivity index (χ3n) is 4.85. The van der Waals surface area contributed by atoms with Crippen LogP contribution in [-0.4, -0.2) is 50.5 Å². The predicted molar refractivity (Wildman–Crippen MR) is 113 cm³/mol. The summed E-state index contributed by atoms with van der Waals surface area (Å²) in [6.07, 6.45) is 1.30. The van der Waals surface area contributed by atoms with E-state index in [2.05, 4.69) is 5.32 Å². The number of ketones is 1. The Kier molecular flexibility index (Phi) is 6.33. The first-order chi connectivity index (χ1) is 14.2. The fourth-order valence-corrected chi connectivity index (χ4v) is 4.33. The molecule has 2 aromatic carbocycles. The van der Waals surface area contributed by atoms with Gasteiger partial charge in [-0.1, -0.05) is 18.2 Å². The zero-order valence-corrected chi connectivity index (χ0v) is 17.6. The van der Waals surface area contributed by atoms with Gasteiger partial charge in [-0.25, -0.2) is 8.42 Å². The zero-order valence-electron chi connectivity index (χ0n) is 16.8. The molecule has 30 heavy (non-hydrogen) atoms. The number of carbonyl (C=O) groups is 3. The van der Waals surface area contributed by atoms with Crippen molar-refractivity contribution in [1.29, 1.82) is 0 Å². The SMILES string of the molecule is CC(=O)c1ccc(S(=O)(=O)N(C)CC(=O)Nc2cccc(N3CCCC3=O)c2)cc1. The molecule has 158 valence electrons. The lowest BCUT2D eigenvalue weighted by Crippen LogP contribution is -2.35. The number of hydrogen-bond donors (Lipinski definition) is 1. The van der Waals surface area contributed by atoms with Gasteiger partial charge >= 0.3 is 0 Å². The molecular weight excluding hydrogens is 406 g/mol. The molecule has 0 saturated carbocycles. The Balaban J connectivity index is 1.67. The van der Waals surface area contributed by atoms with E-state index in [-0.39, 0.29) is 23.1 Å². The van der Waals surface area contributed by atoms with E-state index < -0.39 is 15.9 Å². The predicted octanol–water partition coefficient (Wildman–Crippen LogP) is 2.28. The largest absolute Gasteiger partial charge is 0.325 e. The fourth-order valence-electron chi connectivity index (χ4n) is 3.20. The maximum Gasteiger partial charge on any atom is 0.243 e. The van der Waals surface area contributed by atoms with Gasteiger partial charge in [0.2, 0.25) is 21.8 Å². The van der Waals surface area contributed by atoms with E-state index in [4.69, 9.17) is 0 Å². The zero-order chi connectivity index (χ0) is 21.9. The number of nitrogens with one attached hydrogen (secondary N) is 1. The molecule has 0 aliphatic carbocycles. The van der Waals surface area contributed by atoms with E-state index in [1.54, 1.807) is 29.2 Å². The molecule has 1 fully saturated rings. The molecule has 8 nitrogen and oxygen atoms in total. The van der Waals surface area contributed by atoms with Crippen LogP contribution in [-0.2, 0) is 19.6 Å². The highest BCUT2D eigenvalue weighted by atomic mass is 32.2. The van der Waals surface area contributed by atoms with Gasteiger partial charge in [-0.05, 0) is 43.7 Å². The topological polar surface area (TPSA) is 104 Å². The molecule has 0 aromatic heterocycles. The van der Waals surface area contributed by atoms with Gasteiger partial charge in [-0.3, -0.25) is 14.4 Å². The summed E-state index contributed by atoms with van der Waals surface area (Å²) < 4.78 is 26.3. The number of benzene rings is 2. The van der Waals surface area contributed by atoms with E-state index >= 15 is 0 Å². The first-order valence-corrected chi connectivity index (χ1v) is 10.9. The molecule has 2 amide bonds. The first kappa shape index (κ1) is 21.7. The summed E-state index contributed by atoms with van der Waals surface area (Å²) in [5, 5.41) is 2.67. The van der Waals surface area contributed by atoms with Crippen molar-refractivity contribution in [2.75, 3.05) is 30.4 Å². The summed E-state index contributed by atoms with van der Waals surface area (Å²) in [5.74, 6) is -0.629. The second-order valence-corrected chi connectivity index (χ2v) is 9.13. The number of likely N-dealkylation sites (N-methyl/N-ethyl adjacent to an activating group) is 1. The molecule has 1 aliphatic heterocycles. The fraction of sp³-hybridized carbons (Fsp3) is 0.286. The minimum Gasteiger partial charge on any atom is -0.325 e. The van der Waals surface area contributed by atoms with Crippen molar-refractivity contribution in [3.63, 3.8) is 0 Å². The van der Waals surface area contributed by atoms with Gasteiger partial charge < -0.3 is 10.2 Å². The van der Waals surface area contributed by atoms with Crippen molar-refractivity contribution in [3.05, 3.63) is 54.1 Å². The normalized spacial score (nSPS) is 14.2. The Morgan fingerprint density at radius 3 is 2.43 bits per heavy atom. The van der Waals surface area contributed by atoms with Gasteiger partial charge in [0.25, 0.3) is 0 Å². The average molecular weight is 429 g/mol. The number of hydrogen-bond acceptors (Lipinski definition) is 5. The maximum absolute atomic E-state index is 12.7. The first-order valence-electron chi connectivity index (χ1n) is 9.46. The molecule has 1 heterocycles. The van der Waals surface area contributed by atoms with Crippen molar-refractivity contribution >= 4 is 39.0 Å². The molecule has 1 N–H and O–H groups in total. The Hall–Kier alpha value is -3.04. The lowest BCUT2D eigenvalue weighted by atomic mass is 10.2. The molecular formula is C21H23N3O5S. The number of anilines is 2. The standard InChI is InChI=1S/C21H23N3O5S/c1-15(25)16-8-10-19(11-9-16)30(28,29)23(2)14-20(26)22-17-5-3-6-18(13-17)24-12-4-7-21(24)27/h3,5-6,8-11,13H,4,7,12,14H2,1-2H3,(H,22,26). The van der Waals surface area contributed by atoms with Crippen LogP contribution in [0.1, 0.15) is 30.1 Å². The van der Waals surface area contributed by atoms with Crippen molar-refractivity contribution in [3.8, 4) is 0 Å². The second-order valence-electron chi connectivity index (χ2n) is 7.09. The van der Waals surface area contributed by atoms with Gasteiger partial charge in [-0.15, -0.1) is 0 Å². The van der Waals surface area contributed by atoms with Crippen LogP contribution in [0.2, 0.25) is 0 Å². The van der Waals surface area contributed by atoms with E-state index in [0.29, 0.717) is 29.9 Å². The molecule has 1 aliphatic rings. The highest BCUT2D eigenvalue weighted by Gasteiger charge is 2.24. The minimum atomic E-state index is -3.89.